The van der Waals surface area contributed by atoms with E-state index in [1.807, 2.05) is 6.07 Å². The summed E-state index contributed by atoms with van der Waals surface area (Å²) in [6, 6.07) is 2.25. The van der Waals surface area contributed by atoms with Gasteiger partial charge in [-0.25, -0.2) is 4.79 Å². The summed E-state index contributed by atoms with van der Waals surface area (Å²) in [6.45, 7) is 3.24. The maximum atomic E-state index is 11.5. The highest BCUT2D eigenvalue weighted by atomic mass is 19.4. The van der Waals surface area contributed by atoms with E-state index in [2.05, 4.69) is 4.90 Å². The van der Waals surface area contributed by atoms with E-state index in [4.69, 9.17) is 28.8 Å². The highest BCUT2D eigenvalue weighted by molar-refractivity contribution is 5.73. The van der Waals surface area contributed by atoms with Gasteiger partial charge in [-0.05, 0) is 37.4 Å². The van der Waals surface area contributed by atoms with E-state index in [-0.39, 0.29) is 18.8 Å². The van der Waals surface area contributed by atoms with Crippen molar-refractivity contribution < 1.29 is 51.9 Å². The molecule has 2 bridgehead atoms. The largest absolute Gasteiger partial charge is 0.492 e. The minimum atomic E-state index is -5.08. The van der Waals surface area contributed by atoms with Crippen molar-refractivity contribution in [2.45, 2.75) is 62.6 Å². The van der Waals surface area contributed by atoms with Crippen LogP contribution < -0.4 is 14.2 Å². The molecule has 1 saturated heterocycles. The van der Waals surface area contributed by atoms with Crippen molar-refractivity contribution in [1.82, 2.24) is 4.90 Å². The molecule has 12 heteroatoms. The first-order valence-corrected chi connectivity index (χ1v) is 10.4. The maximum Gasteiger partial charge on any atom is 0.490 e. The van der Waals surface area contributed by atoms with Crippen LogP contribution in [-0.4, -0.2) is 71.9 Å². The summed E-state index contributed by atoms with van der Waals surface area (Å²) in [6.07, 6.45) is -3.91. The van der Waals surface area contributed by atoms with Gasteiger partial charge in [-0.1, -0.05) is 0 Å². The van der Waals surface area contributed by atoms with Crippen LogP contribution in [0.1, 0.15) is 37.3 Å². The van der Waals surface area contributed by atoms with Crippen molar-refractivity contribution in [2.24, 2.45) is 0 Å². The average molecular weight is 475 g/mol. The number of carboxylic acids is 1. The molecule has 4 aliphatic rings. The predicted octanol–water partition coefficient (Wildman–Crippen LogP) is 1.97. The van der Waals surface area contributed by atoms with Gasteiger partial charge in [0, 0.05) is 30.5 Å². The summed E-state index contributed by atoms with van der Waals surface area (Å²) in [7, 11) is 1.64. The number of ether oxygens (including phenoxy) is 4. The maximum absolute atomic E-state index is 11.5. The fourth-order valence-electron chi connectivity index (χ4n) is 5.62. The third-order valence-electron chi connectivity index (χ3n) is 6.80. The van der Waals surface area contributed by atoms with Crippen LogP contribution in [0.2, 0.25) is 0 Å². The lowest BCUT2D eigenvalue weighted by Gasteiger charge is -2.51. The van der Waals surface area contributed by atoms with Gasteiger partial charge in [0.25, 0.3) is 0 Å². The zero-order valence-electron chi connectivity index (χ0n) is 18.0. The number of benzene rings is 1. The van der Waals surface area contributed by atoms with E-state index in [9.17, 15) is 23.1 Å². The quantitative estimate of drug-likeness (QED) is 0.620. The third kappa shape index (κ3) is 3.74. The average Bonchev–Trinajstić information content (AvgIpc) is 3.31. The van der Waals surface area contributed by atoms with Crippen molar-refractivity contribution in [2.75, 3.05) is 20.4 Å². The Morgan fingerprint density at radius 2 is 1.97 bits per heavy atom. The fraction of sp³-hybridized carbons (Fsp3) is 0.619. The molecule has 9 nitrogen and oxygen atoms in total. The summed E-state index contributed by atoms with van der Waals surface area (Å²) in [5.74, 6) is -1.11. The molecule has 182 valence electrons. The number of rotatable bonds is 2. The van der Waals surface area contributed by atoms with Crippen LogP contribution in [-0.2, 0) is 26.3 Å². The number of carbonyl (C=O) groups excluding carboxylic acids is 1. The molecule has 5 atom stereocenters. The van der Waals surface area contributed by atoms with Gasteiger partial charge in [0.1, 0.15) is 12.2 Å². The second-order valence-corrected chi connectivity index (χ2v) is 8.42. The molecular formula is C21H24F3NO8. The van der Waals surface area contributed by atoms with Crippen LogP contribution in [0.4, 0.5) is 13.2 Å². The second kappa shape index (κ2) is 8.24. The Hall–Kier alpha value is -2.73. The molecule has 2 fully saturated rings. The summed E-state index contributed by atoms with van der Waals surface area (Å²) in [5.41, 5.74) is 1.63. The first kappa shape index (κ1) is 23.4. The molecule has 1 aromatic carbocycles. The Labute approximate surface area is 187 Å². The van der Waals surface area contributed by atoms with Gasteiger partial charge in [0.2, 0.25) is 12.5 Å². The monoisotopic (exact) mass is 475 g/mol. The van der Waals surface area contributed by atoms with Crippen LogP contribution in [0.15, 0.2) is 6.07 Å². The minimum absolute atomic E-state index is 0.174. The minimum Gasteiger partial charge on any atom is -0.492 e. The summed E-state index contributed by atoms with van der Waals surface area (Å²) in [5, 5.41) is 18.5. The molecule has 3 heterocycles. The van der Waals surface area contributed by atoms with Crippen molar-refractivity contribution in [3.8, 4) is 17.2 Å². The molecule has 1 unspecified atom stereocenters. The van der Waals surface area contributed by atoms with E-state index in [0.29, 0.717) is 23.7 Å². The summed E-state index contributed by atoms with van der Waals surface area (Å²) >= 11 is 0. The van der Waals surface area contributed by atoms with Crippen molar-refractivity contribution in [3.05, 3.63) is 17.2 Å². The van der Waals surface area contributed by atoms with E-state index in [1.54, 1.807) is 7.11 Å². The molecule has 0 aromatic heterocycles. The van der Waals surface area contributed by atoms with Gasteiger partial charge < -0.3 is 29.2 Å². The van der Waals surface area contributed by atoms with Crippen molar-refractivity contribution in [1.29, 1.82) is 0 Å². The number of fused-ring (bicyclic) bond motifs is 2. The Kier molecular flexibility index (Phi) is 5.85. The third-order valence-corrected chi connectivity index (χ3v) is 6.80. The van der Waals surface area contributed by atoms with E-state index in [1.165, 1.54) is 6.92 Å². The van der Waals surface area contributed by atoms with E-state index < -0.39 is 29.8 Å². The van der Waals surface area contributed by atoms with Crippen LogP contribution in [0.25, 0.3) is 0 Å². The Morgan fingerprint density at radius 1 is 1.27 bits per heavy atom. The van der Waals surface area contributed by atoms with Crippen LogP contribution in [0, 0.1) is 0 Å². The van der Waals surface area contributed by atoms with Gasteiger partial charge in [-0.15, -0.1) is 0 Å². The highest BCUT2D eigenvalue weighted by Crippen LogP contribution is 2.58. The van der Waals surface area contributed by atoms with Crippen LogP contribution in [0.3, 0.4) is 0 Å². The zero-order chi connectivity index (χ0) is 24.1. The van der Waals surface area contributed by atoms with Gasteiger partial charge in [0.15, 0.2) is 11.5 Å². The molecule has 1 aromatic rings. The molecular weight excluding hydrogens is 451 g/mol. The molecule has 0 amide bonds. The van der Waals surface area contributed by atoms with Gasteiger partial charge >= 0.3 is 18.1 Å². The lowest BCUT2D eigenvalue weighted by Crippen LogP contribution is -2.61. The van der Waals surface area contributed by atoms with Gasteiger partial charge in [-0.2, -0.15) is 13.2 Å². The van der Waals surface area contributed by atoms with Gasteiger partial charge in [0.05, 0.1) is 7.11 Å². The molecule has 2 N–H and O–H groups in total. The number of carbonyl (C=O) groups is 2. The predicted molar refractivity (Wildman–Crippen MR) is 104 cm³/mol. The lowest BCUT2D eigenvalue weighted by atomic mass is 9.61. The molecule has 33 heavy (non-hydrogen) atoms. The van der Waals surface area contributed by atoms with E-state index >= 15 is 0 Å². The standard InChI is InChI=1S/C19H23NO6.C2HF3O2/c1-10(21)26-13-3-4-15-19(18(13)22)5-6-20(15)8-11-12(19)7-14-17(16(11)23-2)25-9-24-14;3-2(4,5)1(6)7/h7,13,15,18,22H,3-6,8-9H2,1-2H3;(H,6,7)/t13-,15-,18-,19-;/m0./s1. The van der Waals surface area contributed by atoms with Crippen LogP contribution in [0.5, 0.6) is 17.2 Å². The number of esters is 1. The first-order valence-electron chi connectivity index (χ1n) is 10.4. The number of carboxylic acid groups (broad SMARTS) is 1. The first-order chi connectivity index (χ1) is 15.5. The second-order valence-electron chi connectivity index (χ2n) is 8.42. The number of hydrogen-bond acceptors (Lipinski definition) is 8. The number of nitrogens with zero attached hydrogens (tertiary/aromatic N) is 1. The molecule has 5 rings (SSSR count). The number of alkyl halides is 3. The number of halogens is 3. The smallest absolute Gasteiger partial charge is 0.490 e. The normalized spacial score (nSPS) is 31.0. The van der Waals surface area contributed by atoms with Gasteiger partial charge in [-0.3, -0.25) is 9.69 Å². The van der Waals surface area contributed by atoms with Crippen molar-refractivity contribution >= 4 is 11.9 Å². The molecule has 0 spiro atoms. The summed E-state index contributed by atoms with van der Waals surface area (Å²) in [4.78, 5) is 22.8. The highest BCUT2D eigenvalue weighted by Gasteiger charge is 2.61. The molecule has 3 aliphatic heterocycles. The molecule has 1 aliphatic carbocycles. The Balaban J connectivity index is 0.000000325. The summed E-state index contributed by atoms with van der Waals surface area (Å²) < 4.78 is 54.1. The topological polar surface area (TPSA) is 115 Å². The number of hydrogen-bond donors (Lipinski definition) is 2. The van der Waals surface area contributed by atoms with E-state index in [0.717, 1.165) is 37.1 Å². The number of aliphatic hydroxyl groups excluding tert-OH is 1. The number of aliphatic hydroxyl groups is 1. The molecule has 0 radical (unpaired) electrons. The Morgan fingerprint density at radius 3 is 2.58 bits per heavy atom. The fourth-order valence-corrected chi connectivity index (χ4v) is 5.62. The zero-order valence-corrected chi connectivity index (χ0v) is 18.0. The van der Waals surface area contributed by atoms with Crippen molar-refractivity contribution in [3.63, 3.8) is 0 Å². The SMILES string of the molecule is COc1c2c(cc3c1OCO3)[C@@]13CCN(C2)[C@H]1CC[C@H](OC(C)=O)[C@@H]3O.O=C(O)C(F)(F)F. The number of methoxy groups -OCH3 is 1. The van der Waals surface area contributed by atoms with Crippen LogP contribution >= 0.6 is 0 Å². The Bertz CT molecular complexity index is 968. The number of aliphatic carboxylic acids is 1. The molecule has 1 saturated carbocycles. The lowest BCUT2D eigenvalue weighted by molar-refractivity contribution is -0.192.